The first-order valence-electron chi connectivity index (χ1n) is 7.66. The summed E-state index contributed by atoms with van der Waals surface area (Å²) in [5.41, 5.74) is 2.36. The average Bonchev–Trinajstić information content (AvgIpc) is 2.56. The Balaban J connectivity index is 1.68. The van der Waals surface area contributed by atoms with Crippen LogP contribution in [0.3, 0.4) is 0 Å². The normalized spacial score (nSPS) is 17.8. The Kier molecular flexibility index (Phi) is 4.84. The first kappa shape index (κ1) is 15.8. The Morgan fingerprint density at radius 2 is 1.96 bits per heavy atom. The standard InChI is InChI=1S/C18H19ClN2O2/c1-13-12-21(10-11-23-13)15-8-6-14(7-9-15)20-18(22)16-4-2-3-5-17(16)19/h2-9,13H,10-12H2,1H3,(H,20,22). The van der Waals surface area contributed by atoms with Crippen molar-refractivity contribution in [2.45, 2.75) is 13.0 Å². The summed E-state index contributed by atoms with van der Waals surface area (Å²) in [4.78, 5) is 14.5. The fourth-order valence-electron chi connectivity index (χ4n) is 2.65. The molecular weight excluding hydrogens is 312 g/mol. The molecule has 1 unspecified atom stereocenters. The first-order chi connectivity index (χ1) is 11.1. The van der Waals surface area contributed by atoms with Crippen LogP contribution in [-0.2, 0) is 4.74 Å². The summed E-state index contributed by atoms with van der Waals surface area (Å²) in [5, 5.41) is 3.32. The van der Waals surface area contributed by atoms with Crippen LogP contribution < -0.4 is 10.2 Å². The summed E-state index contributed by atoms with van der Waals surface area (Å²) in [7, 11) is 0. The van der Waals surface area contributed by atoms with Crippen LogP contribution in [0.25, 0.3) is 0 Å². The van der Waals surface area contributed by atoms with E-state index in [1.54, 1.807) is 24.3 Å². The smallest absolute Gasteiger partial charge is 0.257 e. The molecule has 2 aromatic carbocycles. The molecule has 0 radical (unpaired) electrons. The summed E-state index contributed by atoms with van der Waals surface area (Å²) in [5.74, 6) is -0.205. The SMILES string of the molecule is CC1CN(c2ccc(NC(=O)c3ccccc3Cl)cc2)CCO1. The fraction of sp³-hybridized carbons (Fsp3) is 0.278. The van der Waals surface area contributed by atoms with E-state index in [1.165, 1.54) is 0 Å². The Morgan fingerprint density at radius 3 is 2.65 bits per heavy atom. The molecule has 1 amide bonds. The molecule has 1 atom stereocenters. The molecule has 120 valence electrons. The van der Waals surface area contributed by atoms with Crippen LogP contribution >= 0.6 is 11.6 Å². The number of nitrogens with zero attached hydrogens (tertiary/aromatic N) is 1. The Bertz CT molecular complexity index is 688. The van der Waals surface area contributed by atoms with Crippen molar-refractivity contribution in [1.82, 2.24) is 0 Å². The predicted molar refractivity (Wildman–Crippen MR) is 93.5 cm³/mol. The van der Waals surface area contributed by atoms with Gasteiger partial charge in [-0.25, -0.2) is 0 Å². The highest BCUT2D eigenvalue weighted by atomic mass is 35.5. The summed E-state index contributed by atoms with van der Waals surface area (Å²) in [6.07, 6.45) is 0.239. The number of hydrogen-bond acceptors (Lipinski definition) is 3. The summed E-state index contributed by atoms with van der Waals surface area (Å²) in [6.45, 7) is 4.58. The van der Waals surface area contributed by atoms with Gasteiger partial charge < -0.3 is 15.0 Å². The van der Waals surface area contributed by atoms with Crippen LogP contribution in [-0.4, -0.2) is 31.7 Å². The lowest BCUT2D eigenvalue weighted by atomic mass is 10.2. The molecule has 1 aliphatic heterocycles. The molecule has 1 fully saturated rings. The molecule has 4 nitrogen and oxygen atoms in total. The lowest BCUT2D eigenvalue weighted by molar-refractivity contribution is 0.0532. The van der Waals surface area contributed by atoms with Crippen LogP contribution in [0.2, 0.25) is 5.02 Å². The van der Waals surface area contributed by atoms with E-state index >= 15 is 0 Å². The monoisotopic (exact) mass is 330 g/mol. The molecule has 1 heterocycles. The molecule has 0 aromatic heterocycles. The number of hydrogen-bond donors (Lipinski definition) is 1. The zero-order valence-electron chi connectivity index (χ0n) is 13.0. The highest BCUT2D eigenvalue weighted by molar-refractivity contribution is 6.34. The molecule has 2 aromatic rings. The number of rotatable bonds is 3. The predicted octanol–water partition coefficient (Wildman–Crippen LogP) is 3.82. The zero-order chi connectivity index (χ0) is 16.2. The van der Waals surface area contributed by atoms with Crippen LogP contribution in [0.1, 0.15) is 17.3 Å². The van der Waals surface area contributed by atoms with E-state index in [1.807, 2.05) is 24.3 Å². The number of carbonyl (C=O) groups excluding carboxylic acids is 1. The van der Waals surface area contributed by atoms with Gasteiger partial charge in [0.2, 0.25) is 0 Å². The number of halogens is 1. The van der Waals surface area contributed by atoms with E-state index in [0.717, 1.165) is 31.1 Å². The van der Waals surface area contributed by atoms with E-state index < -0.39 is 0 Å². The second-order valence-electron chi connectivity index (χ2n) is 5.61. The third kappa shape index (κ3) is 3.84. The number of carbonyl (C=O) groups is 1. The average molecular weight is 331 g/mol. The number of anilines is 2. The number of benzene rings is 2. The molecule has 1 saturated heterocycles. The maximum atomic E-state index is 12.2. The van der Waals surface area contributed by atoms with Crippen molar-refractivity contribution in [3.63, 3.8) is 0 Å². The minimum Gasteiger partial charge on any atom is -0.375 e. The quantitative estimate of drug-likeness (QED) is 0.930. The largest absolute Gasteiger partial charge is 0.375 e. The third-order valence-corrected chi connectivity index (χ3v) is 4.18. The van der Waals surface area contributed by atoms with Crippen molar-refractivity contribution in [1.29, 1.82) is 0 Å². The minimum absolute atomic E-state index is 0.205. The highest BCUT2D eigenvalue weighted by Gasteiger charge is 2.17. The molecule has 0 bridgehead atoms. The van der Waals surface area contributed by atoms with Crippen molar-refractivity contribution in [3.8, 4) is 0 Å². The third-order valence-electron chi connectivity index (χ3n) is 3.85. The van der Waals surface area contributed by atoms with Crippen molar-refractivity contribution in [2.75, 3.05) is 29.9 Å². The van der Waals surface area contributed by atoms with E-state index in [9.17, 15) is 4.79 Å². The van der Waals surface area contributed by atoms with Crippen molar-refractivity contribution in [3.05, 3.63) is 59.1 Å². The number of ether oxygens (including phenoxy) is 1. The summed E-state index contributed by atoms with van der Waals surface area (Å²) >= 11 is 6.05. The van der Waals surface area contributed by atoms with Gasteiger partial charge in [0, 0.05) is 24.5 Å². The van der Waals surface area contributed by atoms with Gasteiger partial charge in [0.05, 0.1) is 23.3 Å². The number of amides is 1. The second-order valence-corrected chi connectivity index (χ2v) is 6.02. The van der Waals surface area contributed by atoms with Gasteiger partial charge in [-0.2, -0.15) is 0 Å². The molecule has 0 saturated carbocycles. The lowest BCUT2D eigenvalue weighted by Gasteiger charge is -2.33. The molecule has 0 aliphatic carbocycles. The highest BCUT2D eigenvalue weighted by Crippen LogP contribution is 2.22. The molecule has 3 rings (SSSR count). The Morgan fingerprint density at radius 1 is 1.22 bits per heavy atom. The fourth-order valence-corrected chi connectivity index (χ4v) is 2.87. The summed E-state index contributed by atoms with van der Waals surface area (Å²) in [6, 6.07) is 14.9. The van der Waals surface area contributed by atoms with Crippen molar-refractivity contribution >= 4 is 28.9 Å². The van der Waals surface area contributed by atoms with Crippen molar-refractivity contribution in [2.24, 2.45) is 0 Å². The van der Waals surface area contributed by atoms with Crippen LogP contribution in [0.15, 0.2) is 48.5 Å². The number of morpholine rings is 1. The molecule has 23 heavy (non-hydrogen) atoms. The molecular formula is C18H19ClN2O2. The molecule has 1 N–H and O–H groups in total. The van der Waals surface area contributed by atoms with E-state index in [4.69, 9.17) is 16.3 Å². The molecule has 1 aliphatic rings. The van der Waals surface area contributed by atoms with Gasteiger partial charge in [0.1, 0.15) is 0 Å². The van der Waals surface area contributed by atoms with Gasteiger partial charge in [-0.15, -0.1) is 0 Å². The van der Waals surface area contributed by atoms with Gasteiger partial charge >= 0.3 is 0 Å². The Hall–Kier alpha value is -2.04. The van der Waals surface area contributed by atoms with Gasteiger partial charge in [0.25, 0.3) is 5.91 Å². The Labute approximate surface area is 141 Å². The summed E-state index contributed by atoms with van der Waals surface area (Å²) < 4.78 is 5.55. The van der Waals surface area contributed by atoms with E-state index in [2.05, 4.69) is 17.1 Å². The minimum atomic E-state index is -0.205. The van der Waals surface area contributed by atoms with Crippen molar-refractivity contribution < 1.29 is 9.53 Å². The van der Waals surface area contributed by atoms with Crippen LogP contribution in [0.4, 0.5) is 11.4 Å². The molecule has 0 spiro atoms. The molecule has 5 heteroatoms. The maximum absolute atomic E-state index is 12.2. The van der Waals surface area contributed by atoms with Gasteiger partial charge in [-0.1, -0.05) is 23.7 Å². The van der Waals surface area contributed by atoms with E-state index in [-0.39, 0.29) is 12.0 Å². The lowest BCUT2D eigenvalue weighted by Crippen LogP contribution is -2.41. The van der Waals surface area contributed by atoms with Crippen LogP contribution in [0, 0.1) is 0 Å². The topological polar surface area (TPSA) is 41.6 Å². The van der Waals surface area contributed by atoms with Gasteiger partial charge in [-0.05, 0) is 43.3 Å². The second kappa shape index (κ2) is 7.02. The first-order valence-corrected chi connectivity index (χ1v) is 8.04. The van der Waals surface area contributed by atoms with Crippen LogP contribution in [0.5, 0.6) is 0 Å². The zero-order valence-corrected chi connectivity index (χ0v) is 13.7. The van der Waals surface area contributed by atoms with Gasteiger partial charge in [-0.3, -0.25) is 4.79 Å². The number of nitrogens with one attached hydrogen (secondary N) is 1. The van der Waals surface area contributed by atoms with E-state index in [0.29, 0.717) is 10.6 Å². The van der Waals surface area contributed by atoms with Gasteiger partial charge in [0.15, 0.2) is 0 Å². The maximum Gasteiger partial charge on any atom is 0.257 e.